The normalized spacial score (nSPS) is 18.1. The molecule has 2 rings (SSSR count). The minimum atomic E-state index is -3.79. The van der Waals surface area contributed by atoms with Gasteiger partial charge in [-0.3, -0.25) is 9.59 Å². The van der Waals surface area contributed by atoms with Gasteiger partial charge in [-0.25, -0.2) is 17.9 Å². The zero-order valence-electron chi connectivity index (χ0n) is 24.1. The zero-order valence-corrected chi connectivity index (χ0v) is 24.9. The van der Waals surface area contributed by atoms with E-state index in [0.29, 0.717) is 25.8 Å². The lowest BCUT2D eigenvalue weighted by atomic mass is 9.82. The number of hydrogen-bond donors (Lipinski definition) is 3. The number of likely N-dealkylation sites (tertiary alicyclic amines) is 1. The Kier molecular flexibility index (Phi) is 11.9. The Bertz CT molecular complexity index is 1180. The van der Waals surface area contributed by atoms with Gasteiger partial charge in [0, 0.05) is 37.8 Å². The number of carbonyl (C=O) groups excluding carboxylic acids is 3. The number of sulfonamides is 1. The largest absolute Gasteiger partial charge is 0.444 e. The summed E-state index contributed by atoms with van der Waals surface area (Å²) >= 11 is 0. The first kappa shape index (κ1) is 33.0. The molecule has 0 saturated carbocycles. The van der Waals surface area contributed by atoms with Crippen LogP contribution >= 0.6 is 0 Å². The maximum absolute atomic E-state index is 13.5. The second kappa shape index (κ2) is 14.5. The quantitative estimate of drug-likeness (QED) is 0.289. The Morgan fingerprint density at radius 1 is 1.20 bits per heavy atom. The molecule has 3 N–H and O–H groups in total. The van der Waals surface area contributed by atoms with Crippen LogP contribution < -0.4 is 15.4 Å². The minimum Gasteiger partial charge on any atom is -0.444 e. The molecule has 3 amide bonds. The summed E-state index contributed by atoms with van der Waals surface area (Å²) in [6.07, 6.45) is 5.87. The molecule has 0 bridgehead atoms. The van der Waals surface area contributed by atoms with Gasteiger partial charge in [-0.05, 0) is 58.2 Å². The third kappa shape index (κ3) is 9.48. The van der Waals surface area contributed by atoms with Crippen molar-refractivity contribution in [1.82, 2.24) is 20.3 Å². The molecule has 1 saturated heterocycles. The van der Waals surface area contributed by atoms with E-state index in [1.807, 2.05) is 6.92 Å². The van der Waals surface area contributed by atoms with Crippen molar-refractivity contribution in [2.45, 2.75) is 76.3 Å². The fraction of sp³-hybridized carbons (Fsp3) is 0.552. The molecule has 0 aliphatic carbocycles. The van der Waals surface area contributed by atoms with Crippen LogP contribution in [-0.2, 0) is 19.6 Å². The van der Waals surface area contributed by atoms with Gasteiger partial charge in [0.05, 0.1) is 10.3 Å². The van der Waals surface area contributed by atoms with Crippen LogP contribution in [0.15, 0.2) is 54.5 Å². The predicted molar refractivity (Wildman–Crippen MR) is 155 cm³/mol. The Labute approximate surface area is 238 Å². The molecule has 10 nitrogen and oxygen atoms in total. The second-order valence-electron chi connectivity index (χ2n) is 11.1. The third-order valence-electron chi connectivity index (χ3n) is 6.60. The number of carbonyl (C=O) groups is 3. The molecule has 1 aromatic carbocycles. The number of allylic oxidation sites excluding steroid dienone is 1. The van der Waals surface area contributed by atoms with Crippen LogP contribution in [0.2, 0.25) is 0 Å². The minimum absolute atomic E-state index is 0.0254. The predicted octanol–water partition coefficient (Wildman–Crippen LogP) is 3.76. The fourth-order valence-corrected chi connectivity index (χ4v) is 5.52. The molecule has 0 radical (unpaired) electrons. The van der Waals surface area contributed by atoms with Crippen molar-refractivity contribution in [3.05, 3.63) is 55.1 Å². The van der Waals surface area contributed by atoms with Gasteiger partial charge < -0.3 is 20.3 Å². The van der Waals surface area contributed by atoms with Crippen LogP contribution in [0, 0.1) is 5.41 Å². The molecule has 1 aliphatic heterocycles. The average Bonchev–Trinajstić information content (AvgIpc) is 3.33. The van der Waals surface area contributed by atoms with Crippen LogP contribution in [0.5, 0.6) is 0 Å². The monoisotopic (exact) mass is 576 g/mol. The number of nitrogens with zero attached hydrogens (tertiary/aromatic N) is 1. The van der Waals surface area contributed by atoms with E-state index < -0.39 is 33.0 Å². The molecule has 1 fully saturated rings. The highest BCUT2D eigenvalue weighted by atomic mass is 32.2. The smallest absolute Gasteiger partial charge is 0.410 e. The molecule has 0 spiro atoms. The number of rotatable bonds is 14. The molecule has 1 heterocycles. The molecule has 222 valence electrons. The molecule has 2 unspecified atom stereocenters. The number of benzene rings is 1. The summed E-state index contributed by atoms with van der Waals surface area (Å²) in [6.45, 7) is 15.6. The zero-order chi connectivity index (χ0) is 30.0. The number of nitrogens with one attached hydrogen (secondary N) is 3. The number of unbranched alkanes of at least 4 members (excludes halogenated alkanes) is 1. The molecule has 11 heteroatoms. The van der Waals surface area contributed by atoms with E-state index in [-0.39, 0.29) is 42.0 Å². The van der Waals surface area contributed by atoms with E-state index in [2.05, 4.69) is 28.5 Å². The van der Waals surface area contributed by atoms with Crippen molar-refractivity contribution in [2.24, 2.45) is 5.41 Å². The highest BCUT2D eigenvalue weighted by Gasteiger charge is 2.46. The van der Waals surface area contributed by atoms with Gasteiger partial charge in [0.2, 0.25) is 15.9 Å². The van der Waals surface area contributed by atoms with Gasteiger partial charge in [0.25, 0.3) is 5.91 Å². The molecular formula is C29H44N4O6S. The maximum atomic E-state index is 13.5. The lowest BCUT2D eigenvalue weighted by Crippen LogP contribution is -2.49. The number of amides is 3. The average molecular weight is 577 g/mol. The summed E-state index contributed by atoms with van der Waals surface area (Å²) in [5.41, 5.74) is -1.28. The van der Waals surface area contributed by atoms with Gasteiger partial charge in [-0.15, -0.1) is 13.2 Å². The Balaban J connectivity index is 2.11. The summed E-state index contributed by atoms with van der Waals surface area (Å²) in [5, 5.41) is 5.93. The molecule has 40 heavy (non-hydrogen) atoms. The SMILES string of the molecule is C=CCNS(=O)(=O)c1cccc(C(=O)NC(CCCC)CNC(=O)C2(CC=C)CCN(C(=O)OC(C)(C)C)C2)c1. The summed E-state index contributed by atoms with van der Waals surface area (Å²) in [7, 11) is -3.79. The molecule has 1 aliphatic rings. The second-order valence-corrected chi connectivity index (χ2v) is 12.9. The first-order valence-corrected chi connectivity index (χ1v) is 15.1. The van der Waals surface area contributed by atoms with Crippen LogP contribution in [0.4, 0.5) is 4.79 Å². The van der Waals surface area contributed by atoms with E-state index in [9.17, 15) is 22.8 Å². The van der Waals surface area contributed by atoms with E-state index in [1.165, 1.54) is 24.3 Å². The van der Waals surface area contributed by atoms with Gasteiger partial charge in [0.1, 0.15) is 5.60 Å². The lowest BCUT2D eigenvalue weighted by Gasteiger charge is -2.29. The molecule has 0 aromatic heterocycles. The van der Waals surface area contributed by atoms with Crippen LogP contribution in [0.3, 0.4) is 0 Å². The Hall–Kier alpha value is -3.18. The summed E-state index contributed by atoms with van der Waals surface area (Å²) in [5.74, 6) is -0.649. The lowest BCUT2D eigenvalue weighted by molar-refractivity contribution is -0.130. The van der Waals surface area contributed by atoms with Crippen molar-refractivity contribution >= 4 is 27.9 Å². The highest BCUT2D eigenvalue weighted by molar-refractivity contribution is 7.89. The van der Waals surface area contributed by atoms with Gasteiger partial charge in [-0.2, -0.15) is 0 Å². The van der Waals surface area contributed by atoms with E-state index in [0.717, 1.165) is 12.8 Å². The molecule has 2 atom stereocenters. The summed E-state index contributed by atoms with van der Waals surface area (Å²) < 4.78 is 32.8. The molecule has 1 aromatic rings. The van der Waals surface area contributed by atoms with Gasteiger partial charge in [-0.1, -0.05) is 38.0 Å². The van der Waals surface area contributed by atoms with Crippen molar-refractivity contribution in [1.29, 1.82) is 0 Å². The molecular weight excluding hydrogens is 532 g/mol. The first-order chi connectivity index (χ1) is 18.8. The van der Waals surface area contributed by atoms with Gasteiger partial charge in [0.15, 0.2) is 0 Å². The number of ether oxygens (including phenoxy) is 1. The van der Waals surface area contributed by atoms with Crippen molar-refractivity contribution in [3.8, 4) is 0 Å². The van der Waals surface area contributed by atoms with Gasteiger partial charge >= 0.3 is 6.09 Å². The highest BCUT2D eigenvalue weighted by Crippen LogP contribution is 2.35. The third-order valence-corrected chi connectivity index (χ3v) is 8.02. The summed E-state index contributed by atoms with van der Waals surface area (Å²) in [6, 6.07) is 5.41. The Morgan fingerprint density at radius 2 is 1.93 bits per heavy atom. The standard InChI is InChI=1S/C29H44N4O6S/c1-7-10-13-23(32-25(34)22-12-11-14-24(19-22)40(37,38)31-17-9-3)20-30-26(35)29(15-8-2)16-18-33(21-29)27(36)39-28(4,5)6/h8-9,11-12,14,19,23,31H,2-3,7,10,13,15-18,20-21H2,1,4-6H3,(H,30,35)(H,32,34). The van der Waals surface area contributed by atoms with Crippen molar-refractivity contribution in [3.63, 3.8) is 0 Å². The van der Waals surface area contributed by atoms with E-state index >= 15 is 0 Å². The number of hydrogen-bond acceptors (Lipinski definition) is 6. The van der Waals surface area contributed by atoms with Crippen LogP contribution in [-0.4, -0.2) is 69.0 Å². The van der Waals surface area contributed by atoms with Crippen LogP contribution in [0.25, 0.3) is 0 Å². The van der Waals surface area contributed by atoms with Crippen LogP contribution in [0.1, 0.15) is 70.2 Å². The summed E-state index contributed by atoms with van der Waals surface area (Å²) in [4.78, 5) is 40.7. The van der Waals surface area contributed by atoms with Crippen molar-refractivity contribution < 1.29 is 27.5 Å². The topological polar surface area (TPSA) is 134 Å². The van der Waals surface area contributed by atoms with E-state index in [1.54, 1.807) is 37.8 Å². The first-order valence-electron chi connectivity index (χ1n) is 13.7. The van der Waals surface area contributed by atoms with E-state index in [4.69, 9.17) is 4.74 Å². The Morgan fingerprint density at radius 3 is 2.55 bits per heavy atom. The fourth-order valence-electron chi connectivity index (χ4n) is 4.48. The maximum Gasteiger partial charge on any atom is 0.410 e. The van der Waals surface area contributed by atoms with Crippen molar-refractivity contribution in [2.75, 3.05) is 26.2 Å².